The van der Waals surface area contributed by atoms with Crippen molar-refractivity contribution in [2.75, 3.05) is 0 Å². The first-order valence-corrected chi connectivity index (χ1v) is 5.18. The average Bonchev–Trinajstić information content (AvgIpc) is 2.52. The molecule has 0 saturated carbocycles. The van der Waals surface area contributed by atoms with Crippen LogP contribution in [0.2, 0.25) is 4.34 Å². The third-order valence-electron chi connectivity index (χ3n) is 2.04. The first-order valence-electron chi connectivity index (χ1n) is 3.98. The van der Waals surface area contributed by atoms with Gasteiger partial charge in [0.2, 0.25) is 0 Å². The van der Waals surface area contributed by atoms with E-state index in [9.17, 15) is 0 Å². The van der Waals surface area contributed by atoms with E-state index < -0.39 is 0 Å². The van der Waals surface area contributed by atoms with Gasteiger partial charge in [0.25, 0.3) is 0 Å². The standard InChI is InChI=1S/C10H6ClNOS/c11-10-7(4-12)9-6(5-13)2-1-3-8(9)14-10/h1-3,13H,5H2. The van der Waals surface area contributed by atoms with Crippen LogP contribution in [0.4, 0.5) is 0 Å². The van der Waals surface area contributed by atoms with Crippen molar-refractivity contribution in [1.82, 2.24) is 0 Å². The molecule has 0 aliphatic carbocycles. The van der Waals surface area contributed by atoms with E-state index in [1.807, 2.05) is 12.1 Å². The maximum absolute atomic E-state index is 9.12. The Morgan fingerprint density at radius 1 is 1.50 bits per heavy atom. The summed E-state index contributed by atoms with van der Waals surface area (Å²) in [6, 6.07) is 7.60. The normalized spacial score (nSPS) is 10.4. The predicted molar refractivity (Wildman–Crippen MR) is 57.5 cm³/mol. The Kier molecular flexibility index (Phi) is 2.42. The minimum absolute atomic E-state index is 0.0704. The number of aliphatic hydroxyl groups excluding tert-OH is 1. The molecule has 0 saturated heterocycles. The van der Waals surface area contributed by atoms with Crippen LogP contribution in [0.15, 0.2) is 18.2 Å². The van der Waals surface area contributed by atoms with Crippen molar-refractivity contribution in [3.05, 3.63) is 33.7 Å². The topological polar surface area (TPSA) is 44.0 Å². The van der Waals surface area contributed by atoms with Crippen LogP contribution in [-0.4, -0.2) is 5.11 Å². The molecule has 1 heterocycles. The highest BCUT2D eigenvalue weighted by Crippen LogP contribution is 2.36. The number of rotatable bonds is 1. The van der Waals surface area contributed by atoms with Crippen LogP contribution >= 0.6 is 22.9 Å². The number of hydrogen-bond acceptors (Lipinski definition) is 3. The summed E-state index contributed by atoms with van der Waals surface area (Å²) < 4.78 is 1.43. The molecule has 0 aliphatic heterocycles. The van der Waals surface area contributed by atoms with E-state index in [2.05, 4.69) is 6.07 Å². The highest BCUT2D eigenvalue weighted by molar-refractivity contribution is 7.23. The van der Waals surface area contributed by atoms with E-state index in [0.29, 0.717) is 9.90 Å². The molecule has 1 aromatic carbocycles. The largest absolute Gasteiger partial charge is 0.392 e. The number of aliphatic hydroxyl groups is 1. The third kappa shape index (κ3) is 1.28. The van der Waals surface area contributed by atoms with Gasteiger partial charge in [-0.05, 0) is 11.6 Å². The summed E-state index contributed by atoms with van der Waals surface area (Å²) in [6.45, 7) is -0.0704. The van der Waals surface area contributed by atoms with Gasteiger partial charge < -0.3 is 5.11 Å². The molecule has 0 aliphatic rings. The van der Waals surface area contributed by atoms with Crippen LogP contribution in [0, 0.1) is 11.3 Å². The van der Waals surface area contributed by atoms with Gasteiger partial charge in [0.1, 0.15) is 10.4 Å². The molecule has 1 aromatic heterocycles. The SMILES string of the molecule is N#Cc1c(Cl)sc2cccc(CO)c12. The lowest BCUT2D eigenvalue weighted by Gasteiger charge is -1.97. The quantitative estimate of drug-likeness (QED) is 0.808. The number of benzene rings is 1. The Bertz CT molecular complexity index is 527. The molecule has 0 fully saturated rings. The summed E-state index contributed by atoms with van der Waals surface area (Å²) in [5.74, 6) is 0. The number of hydrogen-bond donors (Lipinski definition) is 1. The smallest absolute Gasteiger partial charge is 0.112 e. The van der Waals surface area contributed by atoms with Crippen molar-refractivity contribution in [2.24, 2.45) is 0 Å². The summed E-state index contributed by atoms with van der Waals surface area (Å²) in [7, 11) is 0. The lowest BCUT2D eigenvalue weighted by atomic mass is 10.1. The summed E-state index contributed by atoms with van der Waals surface area (Å²) in [5, 5.41) is 18.8. The molecule has 0 unspecified atom stereocenters. The fourth-order valence-corrected chi connectivity index (χ4v) is 2.73. The third-order valence-corrected chi connectivity index (χ3v) is 3.40. The summed E-state index contributed by atoms with van der Waals surface area (Å²) in [5.41, 5.74) is 1.22. The van der Waals surface area contributed by atoms with Crippen LogP contribution in [0.5, 0.6) is 0 Å². The zero-order valence-corrected chi connectivity index (χ0v) is 8.69. The van der Waals surface area contributed by atoms with Crippen molar-refractivity contribution in [3.63, 3.8) is 0 Å². The van der Waals surface area contributed by atoms with Crippen LogP contribution in [-0.2, 0) is 6.61 Å². The minimum Gasteiger partial charge on any atom is -0.392 e. The van der Waals surface area contributed by atoms with E-state index in [1.54, 1.807) is 6.07 Å². The molecule has 14 heavy (non-hydrogen) atoms. The van der Waals surface area contributed by atoms with Gasteiger partial charge in [0.05, 0.1) is 12.2 Å². The molecule has 0 atom stereocenters. The Morgan fingerprint density at radius 2 is 2.29 bits per heavy atom. The molecule has 0 bridgehead atoms. The molecule has 1 N–H and O–H groups in total. The lowest BCUT2D eigenvalue weighted by Crippen LogP contribution is -1.84. The minimum atomic E-state index is -0.0704. The van der Waals surface area contributed by atoms with Crippen molar-refractivity contribution >= 4 is 33.0 Å². The van der Waals surface area contributed by atoms with E-state index in [-0.39, 0.29) is 6.61 Å². The first kappa shape index (κ1) is 9.47. The Balaban J connectivity index is 2.91. The van der Waals surface area contributed by atoms with Crippen LogP contribution < -0.4 is 0 Å². The Morgan fingerprint density at radius 3 is 2.93 bits per heavy atom. The molecule has 2 aromatic rings. The van der Waals surface area contributed by atoms with Crippen molar-refractivity contribution in [2.45, 2.75) is 6.61 Å². The number of fused-ring (bicyclic) bond motifs is 1. The van der Waals surface area contributed by atoms with Crippen LogP contribution in [0.25, 0.3) is 10.1 Å². The average molecular weight is 224 g/mol. The Labute approximate surface area is 90.0 Å². The van der Waals surface area contributed by atoms with Crippen LogP contribution in [0.3, 0.4) is 0 Å². The predicted octanol–water partition coefficient (Wildman–Crippen LogP) is 2.92. The maximum Gasteiger partial charge on any atom is 0.112 e. The molecule has 0 radical (unpaired) electrons. The second-order valence-electron chi connectivity index (χ2n) is 2.81. The number of nitriles is 1. The van der Waals surface area contributed by atoms with Crippen molar-refractivity contribution < 1.29 is 5.11 Å². The molecular weight excluding hydrogens is 218 g/mol. The zero-order chi connectivity index (χ0) is 10.1. The second-order valence-corrected chi connectivity index (χ2v) is 4.47. The second kappa shape index (κ2) is 3.58. The fraction of sp³-hybridized carbons (Fsp3) is 0.100. The molecule has 0 spiro atoms. The summed E-state index contributed by atoms with van der Waals surface area (Å²) in [4.78, 5) is 0. The van der Waals surface area contributed by atoms with Gasteiger partial charge in [-0.15, -0.1) is 11.3 Å². The monoisotopic (exact) mass is 223 g/mol. The molecule has 70 valence electrons. The number of thiophene rings is 1. The van der Waals surface area contributed by atoms with Gasteiger partial charge in [-0.2, -0.15) is 5.26 Å². The summed E-state index contributed by atoms with van der Waals surface area (Å²) >= 11 is 7.28. The lowest BCUT2D eigenvalue weighted by molar-refractivity contribution is 0.283. The maximum atomic E-state index is 9.12. The zero-order valence-electron chi connectivity index (χ0n) is 7.12. The Hall–Kier alpha value is -1.08. The van der Waals surface area contributed by atoms with E-state index in [0.717, 1.165) is 15.6 Å². The number of nitrogens with zero attached hydrogens (tertiary/aromatic N) is 1. The van der Waals surface area contributed by atoms with Crippen LogP contribution in [0.1, 0.15) is 11.1 Å². The van der Waals surface area contributed by atoms with Crippen molar-refractivity contribution in [3.8, 4) is 6.07 Å². The first-order chi connectivity index (χ1) is 6.77. The molecule has 0 amide bonds. The van der Waals surface area contributed by atoms with Gasteiger partial charge in [-0.3, -0.25) is 0 Å². The van der Waals surface area contributed by atoms with Crippen molar-refractivity contribution in [1.29, 1.82) is 5.26 Å². The van der Waals surface area contributed by atoms with E-state index in [4.69, 9.17) is 22.0 Å². The van der Waals surface area contributed by atoms with E-state index in [1.165, 1.54) is 11.3 Å². The van der Waals surface area contributed by atoms with E-state index >= 15 is 0 Å². The molecule has 2 nitrogen and oxygen atoms in total. The van der Waals surface area contributed by atoms with Gasteiger partial charge >= 0.3 is 0 Å². The molecule has 2 rings (SSSR count). The van der Waals surface area contributed by atoms with Gasteiger partial charge in [0.15, 0.2) is 0 Å². The van der Waals surface area contributed by atoms with Gasteiger partial charge in [-0.1, -0.05) is 23.7 Å². The highest BCUT2D eigenvalue weighted by Gasteiger charge is 2.12. The summed E-state index contributed by atoms with van der Waals surface area (Å²) in [6.07, 6.45) is 0. The van der Waals surface area contributed by atoms with Gasteiger partial charge in [-0.25, -0.2) is 0 Å². The van der Waals surface area contributed by atoms with Gasteiger partial charge in [0, 0.05) is 10.1 Å². The number of halogens is 1. The fourth-order valence-electron chi connectivity index (χ4n) is 1.42. The molecular formula is C10H6ClNOS. The highest BCUT2D eigenvalue weighted by atomic mass is 35.5. The molecule has 4 heteroatoms.